The van der Waals surface area contributed by atoms with Gasteiger partial charge in [0.15, 0.2) is 0 Å². The number of carbonyl (C=O) groups excluding carboxylic acids is 2. The van der Waals surface area contributed by atoms with Crippen molar-refractivity contribution < 1.29 is 9.59 Å². The van der Waals surface area contributed by atoms with E-state index in [1.54, 1.807) is 0 Å². The lowest BCUT2D eigenvalue weighted by Gasteiger charge is -2.13. The summed E-state index contributed by atoms with van der Waals surface area (Å²) in [5, 5.41) is 2.52. The Morgan fingerprint density at radius 3 is 2.46 bits per heavy atom. The van der Waals surface area contributed by atoms with E-state index in [0.717, 1.165) is 6.42 Å². The molecule has 5 heteroatoms. The molecule has 0 aliphatic heterocycles. The number of amides is 2. The van der Waals surface area contributed by atoms with Gasteiger partial charge in [-0.3, -0.25) is 9.59 Å². The Hall–Kier alpha value is -1.10. The largest absolute Gasteiger partial charge is 0.368 e. The Morgan fingerprint density at radius 1 is 1.46 bits per heavy atom. The molecule has 13 heavy (non-hydrogen) atoms. The fourth-order valence-electron chi connectivity index (χ4n) is 0.972. The van der Waals surface area contributed by atoms with Crippen LogP contribution in [0.3, 0.4) is 0 Å². The molecular weight excluding hydrogens is 170 g/mol. The summed E-state index contributed by atoms with van der Waals surface area (Å²) in [7, 11) is 0. The number of nitrogens with one attached hydrogen (secondary N) is 1. The number of carbonyl (C=O) groups is 2. The molecule has 0 radical (unpaired) electrons. The second-order valence-corrected chi connectivity index (χ2v) is 2.85. The van der Waals surface area contributed by atoms with Crippen molar-refractivity contribution in [3.63, 3.8) is 0 Å². The van der Waals surface area contributed by atoms with Gasteiger partial charge in [0, 0.05) is 13.0 Å². The monoisotopic (exact) mass is 187 g/mol. The first-order valence-electron chi connectivity index (χ1n) is 4.40. The van der Waals surface area contributed by atoms with Crippen LogP contribution in [-0.4, -0.2) is 24.4 Å². The van der Waals surface area contributed by atoms with Gasteiger partial charge in [-0.2, -0.15) is 0 Å². The predicted molar refractivity (Wildman–Crippen MR) is 49.7 cm³/mol. The molecule has 0 bridgehead atoms. The second kappa shape index (κ2) is 6.42. The van der Waals surface area contributed by atoms with E-state index in [2.05, 4.69) is 5.32 Å². The zero-order valence-electron chi connectivity index (χ0n) is 7.88. The highest BCUT2D eigenvalue weighted by atomic mass is 16.2. The molecular formula is C8H17N3O2. The van der Waals surface area contributed by atoms with Crippen LogP contribution in [0.4, 0.5) is 0 Å². The van der Waals surface area contributed by atoms with Gasteiger partial charge in [-0.1, -0.05) is 13.3 Å². The van der Waals surface area contributed by atoms with Crippen molar-refractivity contribution in [2.75, 3.05) is 6.54 Å². The first kappa shape index (κ1) is 11.9. The van der Waals surface area contributed by atoms with Crippen molar-refractivity contribution >= 4 is 11.8 Å². The van der Waals surface area contributed by atoms with Crippen molar-refractivity contribution in [3.05, 3.63) is 0 Å². The molecule has 0 rings (SSSR count). The standard InChI is InChI=1S/C8H17N3O2/c1-2-3-6(8(10)13)11-7(12)4-5-9/h6H,2-5,9H2,1H3,(H2,10,13)(H,11,12). The van der Waals surface area contributed by atoms with Crippen LogP contribution in [0, 0.1) is 0 Å². The quantitative estimate of drug-likeness (QED) is 0.503. The second-order valence-electron chi connectivity index (χ2n) is 2.85. The average Bonchev–Trinajstić information content (AvgIpc) is 2.04. The Labute approximate surface area is 77.8 Å². The summed E-state index contributed by atoms with van der Waals surface area (Å²) in [5.74, 6) is -0.716. The summed E-state index contributed by atoms with van der Waals surface area (Å²) < 4.78 is 0. The summed E-state index contributed by atoms with van der Waals surface area (Å²) in [6, 6.07) is -0.552. The molecule has 0 fully saturated rings. The molecule has 0 spiro atoms. The van der Waals surface area contributed by atoms with Crippen LogP contribution in [0.2, 0.25) is 0 Å². The summed E-state index contributed by atoms with van der Waals surface area (Å²) in [6.07, 6.45) is 1.61. The molecule has 0 heterocycles. The van der Waals surface area contributed by atoms with Crippen molar-refractivity contribution in [2.45, 2.75) is 32.2 Å². The third-order valence-electron chi connectivity index (χ3n) is 1.63. The first-order valence-corrected chi connectivity index (χ1v) is 4.40. The van der Waals surface area contributed by atoms with E-state index in [0.29, 0.717) is 6.42 Å². The Bertz CT molecular complexity index is 182. The zero-order valence-corrected chi connectivity index (χ0v) is 7.88. The van der Waals surface area contributed by atoms with Gasteiger partial charge in [0.05, 0.1) is 0 Å². The lowest BCUT2D eigenvalue weighted by molar-refractivity contribution is -0.127. The molecule has 1 unspecified atom stereocenters. The molecule has 0 saturated carbocycles. The fraction of sp³-hybridized carbons (Fsp3) is 0.750. The summed E-state index contributed by atoms with van der Waals surface area (Å²) in [6.45, 7) is 2.20. The Balaban J connectivity index is 3.94. The van der Waals surface area contributed by atoms with Crippen LogP contribution in [0.25, 0.3) is 0 Å². The molecule has 0 aromatic rings. The molecule has 1 atom stereocenters. The van der Waals surface area contributed by atoms with Crippen LogP contribution < -0.4 is 16.8 Å². The van der Waals surface area contributed by atoms with E-state index in [-0.39, 0.29) is 18.9 Å². The molecule has 0 aromatic heterocycles. The minimum Gasteiger partial charge on any atom is -0.368 e. The number of rotatable bonds is 6. The van der Waals surface area contributed by atoms with Gasteiger partial charge in [0.2, 0.25) is 11.8 Å². The van der Waals surface area contributed by atoms with Gasteiger partial charge in [-0.15, -0.1) is 0 Å². The van der Waals surface area contributed by atoms with E-state index in [1.807, 2.05) is 6.92 Å². The minimum atomic E-state index is -0.552. The Morgan fingerprint density at radius 2 is 2.08 bits per heavy atom. The summed E-state index contributed by atoms with van der Waals surface area (Å²) >= 11 is 0. The Kier molecular flexibility index (Phi) is 5.88. The average molecular weight is 187 g/mol. The van der Waals surface area contributed by atoms with Gasteiger partial charge in [-0.25, -0.2) is 0 Å². The molecule has 0 aliphatic rings. The maximum Gasteiger partial charge on any atom is 0.239 e. The molecule has 5 nitrogen and oxygen atoms in total. The van der Waals surface area contributed by atoms with Crippen LogP contribution in [0.5, 0.6) is 0 Å². The highest BCUT2D eigenvalue weighted by Crippen LogP contribution is 1.95. The molecule has 76 valence electrons. The first-order chi connectivity index (χ1) is 6.11. The van der Waals surface area contributed by atoms with Crippen molar-refractivity contribution in [1.82, 2.24) is 5.32 Å². The third kappa shape index (κ3) is 5.19. The SMILES string of the molecule is CCCC(NC(=O)CCN)C(N)=O. The number of nitrogens with two attached hydrogens (primary N) is 2. The topological polar surface area (TPSA) is 98.2 Å². The van der Waals surface area contributed by atoms with Gasteiger partial charge in [0.25, 0.3) is 0 Å². The van der Waals surface area contributed by atoms with Crippen LogP contribution in [0.15, 0.2) is 0 Å². The highest BCUT2D eigenvalue weighted by molar-refractivity contribution is 5.86. The number of hydrogen-bond acceptors (Lipinski definition) is 3. The molecule has 2 amide bonds. The van der Waals surface area contributed by atoms with E-state index in [1.165, 1.54) is 0 Å². The lowest BCUT2D eigenvalue weighted by atomic mass is 10.1. The predicted octanol–water partition coefficient (Wildman–Crippen LogP) is -0.895. The summed E-state index contributed by atoms with van der Waals surface area (Å²) in [5.41, 5.74) is 10.3. The van der Waals surface area contributed by atoms with Crippen molar-refractivity contribution in [1.29, 1.82) is 0 Å². The number of hydrogen-bond donors (Lipinski definition) is 3. The fourth-order valence-corrected chi connectivity index (χ4v) is 0.972. The van der Waals surface area contributed by atoms with E-state index >= 15 is 0 Å². The maximum atomic E-state index is 11.0. The van der Waals surface area contributed by atoms with Crippen LogP contribution in [0.1, 0.15) is 26.2 Å². The molecule has 0 saturated heterocycles. The molecule has 0 aromatic carbocycles. The third-order valence-corrected chi connectivity index (χ3v) is 1.63. The van der Waals surface area contributed by atoms with E-state index < -0.39 is 11.9 Å². The minimum absolute atomic E-state index is 0.222. The van der Waals surface area contributed by atoms with Crippen LogP contribution in [-0.2, 0) is 9.59 Å². The van der Waals surface area contributed by atoms with Crippen molar-refractivity contribution in [2.24, 2.45) is 11.5 Å². The van der Waals surface area contributed by atoms with E-state index in [9.17, 15) is 9.59 Å². The van der Waals surface area contributed by atoms with Gasteiger partial charge in [0.1, 0.15) is 6.04 Å². The molecule has 5 N–H and O–H groups in total. The van der Waals surface area contributed by atoms with Crippen LogP contribution >= 0.6 is 0 Å². The summed E-state index contributed by atoms with van der Waals surface area (Å²) in [4.78, 5) is 21.8. The highest BCUT2D eigenvalue weighted by Gasteiger charge is 2.15. The van der Waals surface area contributed by atoms with E-state index in [4.69, 9.17) is 11.5 Å². The smallest absolute Gasteiger partial charge is 0.239 e. The maximum absolute atomic E-state index is 11.0. The molecule has 0 aliphatic carbocycles. The van der Waals surface area contributed by atoms with Gasteiger partial charge >= 0.3 is 0 Å². The normalized spacial score (nSPS) is 12.2. The van der Waals surface area contributed by atoms with Gasteiger partial charge < -0.3 is 16.8 Å². The zero-order chi connectivity index (χ0) is 10.3. The number of primary amides is 1. The van der Waals surface area contributed by atoms with Gasteiger partial charge in [-0.05, 0) is 6.42 Å². The lowest BCUT2D eigenvalue weighted by Crippen LogP contribution is -2.44. The van der Waals surface area contributed by atoms with Crippen molar-refractivity contribution in [3.8, 4) is 0 Å².